The second kappa shape index (κ2) is 10.1. The highest BCUT2D eigenvalue weighted by Gasteiger charge is 2.32. The topological polar surface area (TPSA) is 67.7 Å². The molecule has 2 aliphatic heterocycles. The SMILES string of the molecule is C=CC(=O)N1CCN(c2nc(=O)n3c4c(c(-c5ccc(F)cc5F)c(Cl)cc24)SCC(OC)C3)C(C)C1. The van der Waals surface area contributed by atoms with E-state index in [1.54, 1.807) is 22.6 Å². The average molecular weight is 547 g/mol. The van der Waals surface area contributed by atoms with Crippen molar-refractivity contribution in [2.24, 2.45) is 0 Å². The van der Waals surface area contributed by atoms with Gasteiger partial charge in [0.25, 0.3) is 0 Å². The van der Waals surface area contributed by atoms with E-state index in [4.69, 9.17) is 16.3 Å². The predicted molar refractivity (Wildman–Crippen MR) is 141 cm³/mol. The number of aromatic nitrogens is 2. The number of hydrogen-bond acceptors (Lipinski definition) is 6. The third-order valence-electron chi connectivity index (χ3n) is 6.87. The molecule has 37 heavy (non-hydrogen) atoms. The standard InChI is InChI=1S/C26H25ClF2N4O3S/c1-4-21(34)31-7-8-32(14(2)11-31)25-18-10-19(27)22(17-6-5-15(28)9-20(17)29)24-23(18)33(26(35)30-25)12-16(36-3)13-37-24/h4-6,9-10,14,16H,1,7-8,11-13H2,2-3H3. The lowest BCUT2D eigenvalue weighted by Gasteiger charge is -2.40. The first-order valence-corrected chi connectivity index (χ1v) is 13.2. The Morgan fingerprint density at radius 1 is 1.27 bits per heavy atom. The molecule has 11 heteroatoms. The van der Waals surface area contributed by atoms with E-state index in [-0.39, 0.29) is 35.2 Å². The van der Waals surface area contributed by atoms with Crippen LogP contribution in [0.15, 0.2) is 46.6 Å². The molecule has 2 unspecified atom stereocenters. The molecule has 2 atom stereocenters. The number of carbonyl (C=O) groups is 1. The van der Waals surface area contributed by atoms with Gasteiger partial charge >= 0.3 is 5.69 Å². The number of ether oxygens (including phenoxy) is 1. The summed E-state index contributed by atoms with van der Waals surface area (Å²) in [6.45, 7) is 7.14. The molecule has 0 radical (unpaired) electrons. The summed E-state index contributed by atoms with van der Waals surface area (Å²) < 4.78 is 35.8. The largest absolute Gasteiger partial charge is 0.379 e. The quantitative estimate of drug-likeness (QED) is 0.454. The molecule has 7 nitrogen and oxygen atoms in total. The van der Waals surface area contributed by atoms with Crippen molar-refractivity contribution < 1.29 is 18.3 Å². The zero-order chi connectivity index (χ0) is 26.4. The molecule has 0 aliphatic carbocycles. The van der Waals surface area contributed by atoms with Crippen molar-refractivity contribution in [1.29, 1.82) is 0 Å². The summed E-state index contributed by atoms with van der Waals surface area (Å²) in [5.74, 6) is -0.631. The van der Waals surface area contributed by atoms with Gasteiger partial charge in [-0.05, 0) is 31.2 Å². The highest BCUT2D eigenvalue weighted by atomic mass is 35.5. The summed E-state index contributed by atoms with van der Waals surface area (Å²) in [6.07, 6.45) is 1.00. The van der Waals surface area contributed by atoms with Gasteiger partial charge in [-0.3, -0.25) is 9.36 Å². The maximum Gasteiger partial charge on any atom is 0.350 e. The number of methoxy groups -OCH3 is 1. The number of amides is 1. The molecule has 0 bridgehead atoms. The normalized spacial score (nSPS) is 19.7. The molecule has 1 saturated heterocycles. The summed E-state index contributed by atoms with van der Waals surface area (Å²) >= 11 is 8.22. The number of halogens is 3. The number of benzene rings is 2. The molecule has 194 valence electrons. The van der Waals surface area contributed by atoms with Crippen LogP contribution in [-0.4, -0.2) is 65.0 Å². The molecule has 0 spiro atoms. The molecule has 1 fully saturated rings. The predicted octanol–water partition coefficient (Wildman–Crippen LogP) is 4.34. The van der Waals surface area contributed by atoms with Gasteiger partial charge in [0.1, 0.15) is 17.5 Å². The zero-order valence-corrected chi connectivity index (χ0v) is 21.9. The van der Waals surface area contributed by atoms with Crippen LogP contribution in [0.4, 0.5) is 14.6 Å². The van der Waals surface area contributed by atoms with Crippen molar-refractivity contribution in [2.45, 2.75) is 30.5 Å². The first-order chi connectivity index (χ1) is 17.7. The Hall–Kier alpha value is -2.95. The van der Waals surface area contributed by atoms with E-state index < -0.39 is 17.3 Å². The van der Waals surface area contributed by atoms with Gasteiger partial charge in [0.05, 0.1) is 23.2 Å². The van der Waals surface area contributed by atoms with Crippen molar-refractivity contribution in [3.8, 4) is 11.1 Å². The number of hydrogen-bond donors (Lipinski definition) is 0. The van der Waals surface area contributed by atoms with Gasteiger partial charge in [-0.15, -0.1) is 11.8 Å². The fraction of sp³-hybridized carbons (Fsp3) is 0.346. The zero-order valence-electron chi connectivity index (χ0n) is 20.3. The Morgan fingerprint density at radius 2 is 2.05 bits per heavy atom. The second-order valence-corrected chi connectivity index (χ2v) is 10.5. The van der Waals surface area contributed by atoms with Crippen molar-refractivity contribution in [1.82, 2.24) is 14.5 Å². The van der Waals surface area contributed by atoms with E-state index in [1.165, 1.54) is 30.0 Å². The monoisotopic (exact) mass is 546 g/mol. The number of carbonyl (C=O) groups excluding carboxylic acids is 1. The van der Waals surface area contributed by atoms with Crippen LogP contribution < -0.4 is 10.6 Å². The van der Waals surface area contributed by atoms with E-state index >= 15 is 0 Å². The highest BCUT2D eigenvalue weighted by Crippen LogP contribution is 2.46. The summed E-state index contributed by atoms with van der Waals surface area (Å²) in [6, 6.07) is 4.92. The van der Waals surface area contributed by atoms with Gasteiger partial charge < -0.3 is 14.5 Å². The molecule has 1 aromatic heterocycles. The first kappa shape index (κ1) is 25.7. The molecule has 1 amide bonds. The Bertz CT molecular complexity index is 1480. The van der Waals surface area contributed by atoms with E-state index in [0.29, 0.717) is 52.6 Å². The minimum atomic E-state index is -0.745. The summed E-state index contributed by atoms with van der Waals surface area (Å²) in [5.41, 5.74) is 0.666. The fourth-order valence-electron chi connectivity index (χ4n) is 5.01. The molecule has 3 aromatic rings. The van der Waals surface area contributed by atoms with Crippen LogP contribution in [0.2, 0.25) is 5.02 Å². The van der Waals surface area contributed by atoms with Gasteiger partial charge in [0.15, 0.2) is 0 Å². The van der Waals surface area contributed by atoms with E-state index in [9.17, 15) is 18.4 Å². The lowest BCUT2D eigenvalue weighted by Crippen LogP contribution is -2.54. The van der Waals surface area contributed by atoms with E-state index in [1.807, 2.05) is 11.8 Å². The Morgan fingerprint density at radius 3 is 2.73 bits per heavy atom. The third-order valence-corrected chi connectivity index (χ3v) is 8.39. The van der Waals surface area contributed by atoms with Crippen molar-refractivity contribution >= 4 is 46.0 Å². The van der Waals surface area contributed by atoms with Crippen molar-refractivity contribution in [3.63, 3.8) is 0 Å². The lowest BCUT2D eigenvalue weighted by molar-refractivity contribution is -0.126. The number of piperazine rings is 1. The molecular weight excluding hydrogens is 522 g/mol. The summed E-state index contributed by atoms with van der Waals surface area (Å²) in [5, 5.41) is 0.906. The molecular formula is C26H25ClF2N4O3S. The van der Waals surface area contributed by atoms with Crippen LogP contribution in [-0.2, 0) is 16.1 Å². The smallest absolute Gasteiger partial charge is 0.350 e. The minimum Gasteiger partial charge on any atom is -0.379 e. The van der Waals surface area contributed by atoms with E-state index in [2.05, 4.69) is 11.6 Å². The number of rotatable bonds is 4. The van der Waals surface area contributed by atoms with Crippen LogP contribution in [0.5, 0.6) is 0 Å². The van der Waals surface area contributed by atoms with Crippen molar-refractivity contribution in [2.75, 3.05) is 37.4 Å². The molecule has 0 N–H and O–H groups in total. The summed E-state index contributed by atoms with van der Waals surface area (Å²) in [4.78, 5) is 34.4. The number of anilines is 1. The van der Waals surface area contributed by atoms with Gasteiger partial charge in [-0.25, -0.2) is 13.6 Å². The number of thioether (sulfide) groups is 1. The van der Waals surface area contributed by atoms with Crippen LogP contribution in [0.3, 0.4) is 0 Å². The Balaban J connectivity index is 1.75. The average Bonchev–Trinajstić information content (AvgIpc) is 3.07. The molecule has 5 rings (SSSR count). The fourth-order valence-corrected chi connectivity index (χ4v) is 6.69. The minimum absolute atomic E-state index is 0.135. The van der Waals surface area contributed by atoms with Gasteiger partial charge in [0.2, 0.25) is 5.91 Å². The van der Waals surface area contributed by atoms with Crippen LogP contribution in [0.1, 0.15) is 6.92 Å². The van der Waals surface area contributed by atoms with Crippen molar-refractivity contribution in [3.05, 3.63) is 64.1 Å². The lowest BCUT2D eigenvalue weighted by atomic mass is 10.0. The molecule has 2 aliphatic rings. The van der Waals surface area contributed by atoms with Gasteiger partial charge in [-0.2, -0.15) is 4.98 Å². The molecule has 3 heterocycles. The molecule has 2 aromatic carbocycles. The van der Waals surface area contributed by atoms with E-state index in [0.717, 1.165) is 6.07 Å². The van der Waals surface area contributed by atoms with Crippen LogP contribution in [0, 0.1) is 11.6 Å². The second-order valence-electron chi connectivity index (χ2n) is 9.11. The maximum absolute atomic E-state index is 15.0. The summed E-state index contributed by atoms with van der Waals surface area (Å²) in [7, 11) is 1.57. The Labute approximate surface area is 221 Å². The highest BCUT2D eigenvalue weighted by molar-refractivity contribution is 7.99. The maximum atomic E-state index is 15.0. The molecule has 0 saturated carbocycles. The number of nitrogens with zero attached hydrogens (tertiary/aromatic N) is 4. The van der Waals surface area contributed by atoms with Gasteiger partial charge in [-0.1, -0.05) is 18.2 Å². The van der Waals surface area contributed by atoms with Crippen LogP contribution in [0.25, 0.3) is 22.0 Å². The van der Waals surface area contributed by atoms with Gasteiger partial charge in [0, 0.05) is 66.0 Å². The van der Waals surface area contributed by atoms with Crippen LogP contribution >= 0.6 is 23.4 Å². The third kappa shape index (κ3) is 4.51. The first-order valence-electron chi connectivity index (χ1n) is 11.8. The Kier molecular flexibility index (Phi) is 6.99.